The van der Waals surface area contributed by atoms with Crippen molar-refractivity contribution < 1.29 is 14.6 Å². The minimum atomic E-state index is -0.819. The summed E-state index contributed by atoms with van der Waals surface area (Å²) in [6, 6.07) is -0.154. The molecule has 0 aromatic rings. The first kappa shape index (κ1) is 15.2. The Hall–Kier alpha value is -0.810. The zero-order chi connectivity index (χ0) is 13.8. The van der Waals surface area contributed by atoms with E-state index < -0.39 is 5.60 Å². The molecule has 106 valence electrons. The minimum Gasteiger partial charge on any atom is -0.388 e. The average molecular weight is 258 g/mol. The van der Waals surface area contributed by atoms with Crippen LogP contribution in [0.5, 0.6) is 0 Å². The lowest BCUT2D eigenvalue weighted by Crippen LogP contribution is -2.52. The summed E-state index contributed by atoms with van der Waals surface area (Å²) in [6.07, 6.45) is 1.14. The second kappa shape index (κ2) is 5.89. The number of hydrogen-bond donors (Lipinski definition) is 3. The van der Waals surface area contributed by atoms with Gasteiger partial charge in [-0.15, -0.1) is 0 Å². The number of carbonyl (C=O) groups is 1. The largest absolute Gasteiger partial charge is 0.388 e. The molecule has 1 aliphatic rings. The highest BCUT2D eigenvalue weighted by molar-refractivity contribution is 5.74. The van der Waals surface area contributed by atoms with Gasteiger partial charge in [-0.05, 0) is 12.3 Å². The Bertz CT molecular complexity index is 280. The molecule has 0 bridgehead atoms. The highest BCUT2D eigenvalue weighted by Crippen LogP contribution is 2.20. The fraction of sp³-hybridized carbons (Fsp3) is 0.923. The van der Waals surface area contributed by atoms with E-state index in [2.05, 4.69) is 31.4 Å². The number of amides is 2. The van der Waals surface area contributed by atoms with Crippen LogP contribution in [0.15, 0.2) is 0 Å². The molecule has 0 saturated carbocycles. The molecule has 2 amide bonds. The Morgan fingerprint density at radius 3 is 2.44 bits per heavy atom. The van der Waals surface area contributed by atoms with Crippen molar-refractivity contribution in [3.8, 4) is 0 Å². The molecule has 1 unspecified atom stereocenters. The average Bonchev–Trinajstić information content (AvgIpc) is 2.26. The molecule has 3 N–H and O–H groups in total. The van der Waals surface area contributed by atoms with E-state index in [1.54, 1.807) is 0 Å². The van der Waals surface area contributed by atoms with Crippen molar-refractivity contribution in [2.75, 3.05) is 19.8 Å². The van der Waals surface area contributed by atoms with E-state index >= 15 is 0 Å². The third-order valence-electron chi connectivity index (χ3n) is 3.65. The predicted octanol–water partition coefficient (Wildman–Crippen LogP) is 1.26. The van der Waals surface area contributed by atoms with Gasteiger partial charge in [-0.25, -0.2) is 4.79 Å². The van der Waals surface area contributed by atoms with Crippen LogP contribution in [0.25, 0.3) is 0 Å². The fourth-order valence-corrected chi connectivity index (χ4v) is 1.64. The minimum absolute atomic E-state index is 0.0208. The molecule has 5 heteroatoms. The van der Waals surface area contributed by atoms with E-state index in [0.717, 1.165) is 0 Å². The monoisotopic (exact) mass is 258 g/mol. The summed E-state index contributed by atoms with van der Waals surface area (Å²) in [5.74, 6) is 0. The molecule has 5 nitrogen and oxygen atoms in total. The molecule has 1 atom stereocenters. The Labute approximate surface area is 109 Å². The Morgan fingerprint density at radius 2 is 1.94 bits per heavy atom. The van der Waals surface area contributed by atoms with E-state index in [-0.39, 0.29) is 24.0 Å². The quantitative estimate of drug-likeness (QED) is 0.714. The fourth-order valence-electron chi connectivity index (χ4n) is 1.64. The molecule has 0 aromatic carbocycles. The maximum absolute atomic E-state index is 11.7. The Morgan fingerprint density at radius 1 is 1.39 bits per heavy atom. The molecule has 0 spiro atoms. The summed E-state index contributed by atoms with van der Waals surface area (Å²) in [5, 5.41) is 15.8. The van der Waals surface area contributed by atoms with Gasteiger partial charge < -0.3 is 20.5 Å². The molecule has 1 aliphatic heterocycles. The lowest BCUT2D eigenvalue weighted by molar-refractivity contribution is -0.0601. The van der Waals surface area contributed by atoms with Crippen LogP contribution in [0.1, 0.15) is 40.5 Å². The second-order valence-electron chi connectivity index (χ2n) is 6.25. The van der Waals surface area contributed by atoms with Gasteiger partial charge in [0.25, 0.3) is 0 Å². The van der Waals surface area contributed by atoms with Gasteiger partial charge in [0.05, 0.1) is 5.60 Å². The Balaban J connectivity index is 2.32. The first-order valence-corrected chi connectivity index (χ1v) is 6.57. The lowest BCUT2D eigenvalue weighted by atomic mass is 9.88. The van der Waals surface area contributed by atoms with E-state index in [1.807, 2.05) is 6.92 Å². The smallest absolute Gasteiger partial charge is 0.315 e. The van der Waals surface area contributed by atoms with Crippen LogP contribution in [-0.4, -0.2) is 42.5 Å². The number of urea groups is 1. The van der Waals surface area contributed by atoms with Crippen LogP contribution in [-0.2, 0) is 4.74 Å². The van der Waals surface area contributed by atoms with Crippen molar-refractivity contribution in [2.24, 2.45) is 5.41 Å². The van der Waals surface area contributed by atoms with Crippen molar-refractivity contribution in [3.05, 3.63) is 0 Å². The molecule has 1 saturated heterocycles. The molecule has 1 rings (SSSR count). The van der Waals surface area contributed by atoms with Gasteiger partial charge in [0.1, 0.15) is 0 Å². The third kappa shape index (κ3) is 4.82. The standard InChI is InChI=1S/C13H26N2O3/c1-10(12(2,3)4)15-11(16)14-9-13(17)5-7-18-8-6-13/h10,17H,5-9H2,1-4H3,(H2,14,15,16). The van der Waals surface area contributed by atoms with Crippen molar-refractivity contribution in [2.45, 2.75) is 52.2 Å². The van der Waals surface area contributed by atoms with Gasteiger partial charge in [-0.3, -0.25) is 0 Å². The number of carbonyl (C=O) groups excluding carboxylic acids is 1. The topological polar surface area (TPSA) is 70.6 Å². The summed E-state index contributed by atoms with van der Waals surface area (Å²) in [5.41, 5.74) is -0.798. The predicted molar refractivity (Wildman–Crippen MR) is 70.5 cm³/mol. The van der Waals surface area contributed by atoms with Crippen LogP contribution >= 0.6 is 0 Å². The molecule has 18 heavy (non-hydrogen) atoms. The van der Waals surface area contributed by atoms with Crippen molar-refractivity contribution in [1.82, 2.24) is 10.6 Å². The lowest BCUT2D eigenvalue weighted by Gasteiger charge is -2.33. The first-order valence-electron chi connectivity index (χ1n) is 6.57. The summed E-state index contributed by atoms with van der Waals surface area (Å²) >= 11 is 0. The molecular formula is C13H26N2O3. The highest BCUT2D eigenvalue weighted by Gasteiger charge is 2.30. The van der Waals surface area contributed by atoms with Crippen molar-refractivity contribution in [3.63, 3.8) is 0 Å². The second-order valence-corrected chi connectivity index (χ2v) is 6.25. The van der Waals surface area contributed by atoms with E-state index in [4.69, 9.17) is 4.74 Å². The van der Waals surface area contributed by atoms with Crippen molar-refractivity contribution in [1.29, 1.82) is 0 Å². The van der Waals surface area contributed by atoms with Gasteiger partial charge in [0, 0.05) is 38.6 Å². The van der Waals surface area contributed by atoms with Crippen LogP contribution < -0.4 is 10.6 Å². The maximum atomic E-state index is 11.7. The zero-order valence-electron chi connectivity index (χ0n) is 11.9. The first-order chi connectivity index (χ1) is 8.23. The number of aliphatic hydroxyl groups is 1. The molecule has 0 aliphatic carbocycles. The van der Waals surface area contributed by atoms with Crippen LogP contribution in [0, 0.1) is 5.41 Å². The normalized spacial score (nSPS) is 21.2. The van der Waals surface area contributed by atoms with E-state index in [1.165, 1.54) is 0 Å². The van der Waals surface area contributed by atoms with Crippen LogP contribution in [0.2, 0.25) is 0 Å². The van der Waals surface area contributed by atoms with Crippen LogP contribution in [0.4, 0.5) is 4.79 Å². The van der Waals surface area contributed by atoms with Gasteiger partial charge in [0.15, 0.2) is 0 Å². The summed E-state index contributed by atoms with van der Waals surface area (Å²) in [4.78, 5) is 11.7. The number of nitrogens with one attached hydrogen (secondary N) is 2. The molecule has 1 heterocycles. The van der Waals surface area contributed by atoms with Crippen LogP contribution in [0.3, 0.4) is 0 Å². The SMILES string of the molecule is CC(NC(=O)NCC1(O)CCOCC1)C(C)(C)C. The van der Waals surface area contributed by atoms with Gasteiger partial charge in [0.2, 0.25) is 0 Å². The van der Waals surface area contributed by atoms with Crippen molar-refractivity contribution >= 4 is 6.03 Å². The molecule has 1 fully saturated rings. The summed E-state index contributed by atoms with van der Waals surface area (Å²) in [7, 11) is 0. The molecular weight excluding hydrogens is 232 g/mol. The summed E-state index contributed by atoms with van der Waals surface area (Å²) in [6.45, 7) is 9.58. The number of rotatable bonds is 3. The number of ether oxygens (including phenoxy) is 1. The number of hydrogen-bond acceptors (Lipinski definition) is 3. The zero-order valence-corrected chi connectivity index (χ0v) is 11.9. The summed E-state index contributed by atoms with van der Waals surface area (Å²) < 4.78 is 5.19. The van der Waals surface area contributed by atoms with Gasteiger partial charge in [-0.2, -0.15) is 0 Å². The molecule has 0 radical (unpaired) electrons. The van der Waals surface area contributed by atoms with E-state index in [0.29, 0.717) is 26.1 Å². The third-order valence-corrected chi connectivity index (χ3v) is 3.65. The van der Waals surface area contributed by atoms with Gasteiger partial charge in [-0.1, -0.05) is 20.8 Å². The molecule has 0 aromatic heterocycles. The van der Waals surface area contributed by atoms with Gasteiger partial charge >= 0.3 is 6.03 Å². The highest BCUT2D eigenvalue weighted by atomic mass is 16.5. The Kier molecular flexibility index (Phi) is 4.99. The van der Waals surface area contributed by atoms with E-state index in [9.17, 15) is 9.90 Å². The maximum Gasteiger partial charge on any atom is 0.315 e.